The van der Waals surface area contributed by atoms with Crippen LogP contribution >= 0.6 is 0 Å². The van der Waals surface area contributed by atoms with Crippen LogP contribution in [0.1, 0.15) is 6.42 Å². The van der Waals surface area contributed by atoms with E-state index in [0.29, 0.717) is 6.42 Å². The van der Waals surface area contributed by atoms with E-state index in [1.807, 2.05) is 12.3 Å². The normalized spacial score (nSPS) is 9.93. The molecule has 2 aromatic rings. The summed E-state index contributed by atoms with van der Waals surface area (Å²) in [6.45, 7) is 0.731. The molecule has 0 fully saturated rings. The van der Waals surface area contributed by atoms with Gasteiger partial charge in [-0.1, -0.05) is 0 Å². The third kappa shape index (κ3) is 1.52. The second-order valence-corrected chi connectivity index (χ2v) is 2.82. The van der Waals surface area contributed by atoms with Gasteiger partial charge in [-0.15, -0.1) is 12.3 Å². The van der Waals surface area contributed by atoms with Gasteiger partial charge in [-0.3, -0.25) is 0 Å². The van der Waals surface area contributed by atoms with Crippen LogP contribution in [0.25, 0.3) is 5.52 Å². The molecule has 0 aliphatic heterocycles. The topological polar surface area (TPSA) is 42.2 Å². The Morgan fingerprint density at radius 2 is 2.43 bits per heavy atom. The van der Waals surface area contributed by atoms with Gasteiger partial charge in [0.1, 0.15) is 5.52 Å². The minimum atomic E-state index is 0.691. The molecule has 4 heteroatoms. The maximum atomic E-state index is 5.16. The number of hydrogen-bond donors (Lipinski definition) is 1. The monoisotopic (exact) mass is 186 g/mol. The van der Waals surface area contributed by atoms with Crippen LogP contribution in [-0.2, 0) is 0 Å². The summed E-state index contributed by atoms with van der Waals surface area (Å²) in [7, 11) is 0. The maximum Gasteiger partial charge on any atom is 0.152 e. The Morgan fingerprint density at radius 3 is 3.29 bits per heavy atom. The van der Waals surface area contributed by atoms with E-state index in [9.17, 15) is 0 Å². The van der Waals surface area contributed by atoms with Crippen molar-refractivity contribution in [2.24, 2.45) is 0 Å². The molecule has 0 bridgehead atoms. The molecule has 0 radical (unpaired) electrons. The van der Waals surface area contributed by atoms with Gasteiger partial charge in [-0.2, -0.15) is 5.10 Å². The Morgan fingerprint density at radius 1 is 1.50 bits per heavy atom. The van der Waals surface area contributed by atoms with E-state index in [2.05, 4.69) is 21.3 Å². The van der Waals surface area contributed by atoms with Crippen LogP contribution in [0.5, 0.6) is 0 Å². The average molecular weight is 186 g/mol. The van der Waals surface area contributed by atoms with E-state index in [1.54, 1.807) is 16.9 Å². The second-order valence-electron chi connectivity index (χ2n) is 2.82. The maximum absolute atomic E-state index is 5.16. The first kappa shape index (κ1) is 8.57. The molecule has 0 atom stereocenters. The van der Waals surface area contributed by atoms with Gasteiger partial charge in [0.15, 0.2) is 5.82 Å². The number of anilines is 1. The number of terminal acetylenes is 1. The molecule has 2 heterocycles. The molecule has 2 aromatic heterocycles. The lowest BCUT2D eigenvalue weighted by Gasteiger charge is -2.03. The van der Waals surface area contributed by atoms with Crippen LogP contribution in [-0.4, -0.2) is 21.1 Å². The van der Waals surface area contributed by atoms with E-state index in [4.69, 9.17) is 6.42 Å². The molecule has 70 valence electrons. The molecular formula is C10H10N4. The van der Waals surface area contributed by atoms with Crippen LogP contribution in [0.2, 0.25) is 0 Å². The van der Waals surface area contributed by atoms with Crippen molar-refractivity contribution < 1.29 is 0 Å². The molecular weight excluding hydrogens is 176 g/mol. The van der Waals surface area contributed by atoms with Crippen molar-refractivity contribution in [3.8, 4) is 12.3 Å². The van der Waals surface area contributed by atoms with Gasteiger partial charge < -0.3 is 5.32 Å². The van der Waals surface area contributed by atoms with Crippen molar-refractivity contribution in [1.82, 2.24) is 14.6 Å². The zero-order valence-corrected chi connectivity index (χ0v) is 7.64. The van der Waals surface area contributed by atoms with Gasteiger partial charge in [0.25, 0.3) is 0 Å². The summed E-state index contributed by atoms with van der Waals surface area (Å²) in [6.07, 6.45) is 11.1. The predicted molar refractivity (Wildman–Crippen MR) is 54.9 cm³/mol. The number of aromatic nitrogens is 3. The summed E-state index contributed by atoms with van der Waals surface area (Å²) in [5, 5.41) is 7.26. The van der Waals surface area contributed by atoms with Crippen LogP contribution in [0.3, 0.4) is 0 Å². The summed E-state index contributed by atoms with van der Waals surface area (Å²) in [4.78, 5) is 4.21. The van der Waals surface area contributed by atoms with Crippen molar-refractivity contribution in [1.29, 1.82) is 0 Å². The van der Waals surface area contributed by atoms with Crippen LogP contribution in [0.4, 0.5) is 5.82 Å². The van der Waals surface area contributed by atoms with Gasteiger partial charge >= 0.3 is 0 Å². The van der Waals surface area contributed by atoms with E-state index in [0.717, 1.165) is 17.9 Å². The van der Waals surface area contributed by atoms with Gasteiger partial charge in [0, 0.05) is 25.4 Å². The molecule has 0 saturated heterocycles. The van der Waals surface area contributed by atoms with Gasteiger partial charge in [0.05, 0.1) is 6.20 Å². The lowest BCUT2D eigenvalue weighted by atomic mass is 10.4. The Labute approximate surface area is 82.0 Å². The van der Waals surface area contributed by atoms with Crippen LogP contribution in [0, 0.1) is 12.3 Å². The van der Waals surface area contributed by atoms with Crippen molar-refractivity contribution >= 4 is 11.3 Å². The summed E-state index contributed by atoms with van der Waals surface area (Å²) < 4.78 is 1.77. The predicted octanol–water partition coefficient (Wildman–Crippen LogP) is 1.16. The quantitative estimate of drug-likeness (QED) is 0.578. The summed E-state index contributed by atoms with van der Waals surface area (Å²) >= 11 is 0. The van der Waals surface area contributed by atoms with E-state index < -0.39 is 0 Å². The molecule has 14 heavy (non-hydrogen) atoms. The molecule has 0 aliphatic carbocycles. The smallest absolute Gasteiger partial charge is 0.152 e. The van der Waals surface area contributed by atoms with E-state index in [1.165, 1.54) is 0 Å². The first-order valence-electron chi connectivity index (χ1n) is 4.37. The first-order valence-corrected chi connectivity index (χ1v) is 4.37. The van der Waals surface area contributed by atoms with Gasteiger partial charge in [-0.25, -0.2) is 9.50 Å². The minimum Gasteiger partial charge on any atom is -0.367 e. The van der Waals surface area contributed by atoms with Crippen molar-refractivity contribution in [3.63, 3.8) is 0 Å². The van der Waals surface area contributed by atoms with Crippen LogP contribution in [0.15, 0.2) is 24.7 Å². The summed E-state index contributed by atoms with van der Waals surface area (Å²) in [6, 6.07) is 1.91. The van der Waals surface area contributed by atoms with Gasteiger partial charge in [-0.05, 0) is 6.07 Å². The Balaban J connectivity index is 2.24. The second kappa shape index (κ2) is 3.79. The Bertz CT molecular complexity index is 466. The van der Waals surface area contributed by atoms with Gasteiger partial charge in [0.2, 0.25) is 0 Å². The zero-order chi connectivity index (χ0) is 9.80. The zero-order valence-electron chi connectivity index (χ0n) is 7.64. The standard InChI is InChI=1S/C10H10N4/c1-2-3-5-11-10-9-4-6-13-14(9)8-7-12-10/h1,4,6-8H,3,5H2,(H,11,12). The number of hydrogen-bond acceptors (Lipinski definition) is 3. The van der Waals surface area contributed by atoms with Crippen molar-refractivity contribution in [2.75, 3.05) is 11.9 Å². The lowest BCUT2D eigenvalue weighted by molar-refractivity contribution is 0.941. The minimum absolute atomic E-state index is 0.691. The first-order chi connectivity index (χ1) is 6.92. The molecule has 0 saturated carbocycles. The highest BCUT2D eigenvalue weighted by Gasteiger charge is 2.00. The van der Waals surface area contributed by atoms with E-state index in [-0.39, 0.29) is 0 Å². The number of rotatable bonds is 3. The molecule has 0 unspecified atom stereocenters. The lowest BCUT2D eigenvalue weighted by Crippen LogP contribution is -2.04. The molecule has 0 aliphatic rings. The molecule has 1 N–H and O–H groups in total. The fourth-order valence-electron chi connectivity index (χ4n) is 1.25. The molecule has 0 spiro atoms. The fraction of sp³-hybridized carbons (Fsp3) is 0.200. The highest BCUT2D eigenvalue weighted by Crippen LogP contribution is 2.11. The van der Waals surface area contributed by atoms with Crippen molar-refractivity contribution in [3.05, 3.63) is 24.7 Å². The number of nitrogens with one attached hydrogen (secondary N) is 1. The number of nitrogens with zero attached hydrogens (tertiary/aromatic N) is 3. The third-order valence-corrected chi connectivity index (χ3v) is 1.89. The number of fused-ring (bicyclic) bond motifs is 1. The largest absolute Gasteiger partial charge is 0.367 e. The molecule has 2 rings (SSSR count). The van der Waals surface area contributed by atoms with Crippen molar-refractivity contribution in [2.45, 2.75) is 6.42 Å². The van der Waals surface area contributed by atoms with E-state index >= 15 is 0 Å². The Kier molecular flexibility index (Phi) is 2.32. The highest BCUT2D eigenvalue weighted by molar-refractivity contribution is 5.66. The third-order valence-electron chi connectivity index (χ3n) is 1.89. The SMILES string of the molecule is C#CCCNc1nccn2nccc12. The van der Waals surface area contributed by atoms with Crippen LogP contribution < -0.4 is 5.32 Å². The molecule has 4 nitrogen and oxygen atoms in total. The summed E-state index contributed by atoms with van der Waals surface area (Å²) in [5.41, 5.74) is 0.963. The molecule has 0 aromatic carbocycles. The fourth-order valence-corrected chi connectivity index (χ4v) is 1.25. The average Bonchev–Trinajstić information content (AvgIpc) is 2.67. The molecule has 0 amide bonds. The summed E-state index contributed by atoms with van der Waals surface area (Å²) in [5.74, 6) is 3.39. The Hall–Kier alpha value is -2.02. The highest BCUT2D eigenvalue weighted by atomic mass is 15.2.